The highest BCUT2D eigenvalue weighted by Gasteiger charge is 2.37. The van der Waals surface area contributed by atoms with Crippen LogP contribution >= 0.6 is 11.6 Å². The smallest absolute Gasteiger partial charge is 0.356 e. The molecule has 0 unspecified atom stereocenters. The van der Waals surface area contributed by atoms with Crippen molar-refractivity contribution in [3.05, 3.63) is 56.8 Å². The number of aromatic amines is 1. The van der Waals surface area contributed by atoms with Crippen LogP contribution in [0.25, 0.3) is 16.8 Å². The van der Waals surface area contributed by atoms with Crippen molar-refractivity contribution in [2.75, 3.05) is 0 Å². The minimum absolute atomic E-state index is 0.0541. The summed E-state index contributed by atoms with van der Waals surface area (Å²) in [6.07, 6.45) is 1.13. The SMILES string of the molecule is CC(F)(F)c1c(C(=O)O)nn2cc(-c3ccc(Cl)c(F)c3)[nH]c(=O)c12. The van der Waals surface area contributed by atoms with E-state index >= 15 is 0 Å². The highest BCUT2D eigenvalue weighted by Crippen LogP contribution is 2.32. The maximum absolute atomic E-state index is 13.8. The quantitative estimate of drug-likeness (QED) is 0.739. The molecule has 10 heteroatoms. The van der Waals surface area contributed by atoms with Crippen molar-refractivity contribution in [2.45, 2.75) is 12.8 Å². The number of fused-ring (bicyclic) bond motifs is 1. The second-order valence-electron chi connectivity index (χ2n) is 5.34. The number of nitrogens with zero attached hydrogens (tertiary/aromatic N) is 2. The molecule has 1 aromatic carbocycles. The first-order valence-electron chi connectivity index (χ1n) is 6.82. The minimum atomic E-state index is -3.60. The summed E-state index contributed by atoms with van der Waals surface area (Å²) >= 11 is 5.59. The molecular formula is C15H9ClF3N3O3. The van der Waals surface area contributed by atoms with Crippen LogP contribution in [-0.2, 0) is 5.92 Å². The Labute approximate surface area is 142 Å². The van der Waals surface area contributed by atoms with E-state index in [1.165, 1.54) is 12.1 Å². The Bertz CT molecular complexity index is 1070. The Kier molecular flexibility index (Phi) is 3.83. The number of nitrogens with one attached hydrogen (secondary N) is 1. The lowest BCUT2D eigenvalue weighted by Gasteiger charge is -2.09. The topological polar surface area (TPSA) is 87.5 Å². The first-order valence-corrected chi connectivity index (χ1v) is 7.20. The van der Waals surface area contributed by atoms with Crippen molar-refractivity contribution < 1.29 is 23.1 Å². The zero-order chi connectivity index (χ0) is 18.5. The van der Waals surface area contributed by atoms with Crippen molar-refractivity contribution in [1.82, 2.24) is 14.6 Å². The predicted octanol–water partition coefficient (Wildman–Crippen LogP) is 3.29. The number of aromatic nitrogens is 3. The summed E-state index contributed by atoms with van der Waals surface area (Å²) in [5, 5.41) is 12.5. The largest absolute Gasteiger partial charge is 0.476 e. The van der Waals surface area contributed by atoms with Gasteiger partial charge in [-0.05, 0) is 12.1 Å². The number of benzene rings is 1. The van der Waals surface area contributed by atoms with Crippen LogP contribution in [0, 0.1) is 5.82 Å². The van der Waals surface area contributed by atoms with E-state index < -0.39 is 40.0 Å². The van der Waals surface area contributed by atoms with Gasteiger partial charge in [-0.15, -0.1) is 0 Å². The fourth-order valence-corrected chi connectivity index (χ4v) is 2.57. The van der Waals surface area contributed by atoms with Crippen molar-refractivity contribution in [2.24, 2.45) is 0 Å². The summed E-state index contributed by atoms with van der Waals surface area (Å²) < 4.78 is 41.9. The maximum Gasteiger partial charge on any atom is 0.356 e. The molecule has 0 saturated heterocycles. The van der Waals surface area contributed by atoms with Crippen molar-refractivity contribution in [1.29, 1.82) is 0 Å². The van der Waals surface area contributed by atoms with Crippen LogP contribution in [-0.4, -0.2) is 25.7 Å². The number of rotatable bonds is 3. The number of carboxylic acid groups (broad SMARTS) is 1. The molecule has 0 aliphatic carbocycles. The fourth-order valence-electron chi connectivity index (χ4n) is 2.46. The van der Waals surface area contributed by atoms with E-state index in [1.807, 2.05) is 0 Å². The van der Waals surface area contributed by atoms with Crippen LogP contribution in [0.5, 0.6) is 0 Å². The van der Waals surface area contributed by atoms with Gasteiger partial charge in [0.05, 0.1) is 22.5 Å². The average Bonchev–Trinajstić information content (AvgIpc) is 2.90. The van der Waals surface area contributed by atoms with Gasteiger partial charge in [-0.1, -0.05) is 17.7 Å². The Morgan fingerprint density at radius 3 is 2.64 bits per heavy atom. The van der Waals surface area contributed by atoms with Crippen LogP contribution in [0.1, 0.15) is 23.0 Å². The maximum atomic E-state index is 13.8. The Morgan fingerprint density at radius 2 is 2.08 bits per heavy atom. The second-order valence-corrected chi connectivity index (χ2v) is 5.74. The lowest BCUT2D eigenvalue weighted by Crippen LogP contribution is -2.18. The highest BCUT2D eigenvalue weighted by atomic mass is 35.5. The van der Waals surface area contributed by atoms with Gasteiger partial charge in [0.2, 0.25) is 0 Å². The van der Waals surface area contributed by atoms with Gasteiger partial charge in [0, 0.05) is 12.5 Å². The number of carbonyl (C=O) groups is 1. The van der Waals surface area contributed by atoms with Crippen molar-refractivity contribution in [3.63, 3.8) is 0 Å². The molecule has 0 aliphatic rings. The molecule has 2 heterocycles. The van der Waals surface area contributed by atoms with E-state index in [1.54, 1.807) is 0 Å². The molecule has 0 amide bonds. The van der Waals surface area contributed by atoms with Gasteiger partial charge in [0.15, 0.2) is 5.69 Å². The van der Waals surface area contributed by atoms with E-state index in [9.17, 15) is 22.8 Å². The second kappa shape index (κ2) is 5.62. The summed E-state index contributed by atoms with van der Waals surface area (Å²) in [4.78, 5) is 25.8. The van der Waals surface area contributed by atoms with Gasteiger partial charge in [-0.3, -0.25) is 4.79 Å². The minimum Gasteiger partial charge on any atom is -0.476 e. The fraction of sp³-hybridized carbons (Fsp3) is 0.133. The van der Waals surface area contributed by atoms with Gasteiger partial charge in [0.25, 0.3) is 11.5 Å². The van der Waals surface area contributed by atoms with Crippen molar-refractivity contribution in [3.8, 4) is 11.3 Å². The molecule has 3 rings (SSSR count). The normalized spacial score (nSPS) is 11.9. The van der Waals surface area contributed by atoms with Gasteiger partial charge in [-0.2, -0.15) is 5.10 Å². The van der Waals surface area contributed by atoms with Gasteiger partial charge < -0.3 is 10.1 Å². The van der Waals surface area contributed by atoms with E-state index in [-0.39, 0.29) is 16.3 Å². The summed E-state index contributed by atoms with van der Waals surface area (Å²) in [5.41, 5.74) is -3.24. The molecule has 3 aromatic rings. The Balaban J connectivity index is 2.33. The zero-order valence-corrected chi connectivity index (χ0v) is 13.2. The van der Waals surface area contributed by atoms with Crippen LogP contribution in [0.15, 0.2) is 29.2 Å². The Morgan fingerprint density at radius 1 is 1.40 bits per heavy atom. The lowest BCUT2D eigenvalue weighted by molar-refractivity contribution is 0.0168. The predicted molar refractivity (Wildman–Crippen MR) is 82.7 cm³/mol. The molecule has 0 atom stereocenters. The third-order valence-electron chi connectivity index (χ3n) is 3.50. The molecule has 0 fully saturated rings. The van der Waals surface area contributed by atoms with E-state index in [0.29, 0.717) is 6.92 Å². The monoisotopic (exact) mass is 371 g/mol. The summed E-state index contributed by atoms with van der Waals surface area (Å²) in [7, 11) is 0. The van der Waals surface area contributed by atoms with Gasteiger partial charge in [0.1, 0.15) is 11.3 Å². The molecule has 0 bridgehead atoms. The third kappa shape index (κ3) is 2.86. The molecule has 2 aromatic heterocycles. The number of halogens is 4. The van der Waals surface area contributed by atoms with Crippen LogP contribution in [0.2, 0.25) is 5.02 Å². The van der Waals surface area contributed by atoms with Gasteiger partial charge in [-0.25, -0.2) is 22.5 Å². The number of aromatic carboxylic acids is 1. The number of hydrogen-bond acceptors (Lipinski definition) is 3. The molecular weight excluding hydrogens is 363 g/mol. The summed E-state index contributed by atoms with van der Waals surface area (Å²) in [5.74, 6) is -6.04. The van der Waals surface area contributed by atoms with Gasteiger partial charge >= 0.3 is 5.97 Å². The summed E-state index contributed by atoms with van der Waals surface area (Å²) in [6, 6.07) is 3.70. The molecule has 2 N–H and O–H groups in total. The number of H-pyrrole nitrogens is 1. The molecule has 0 spiro atoms. The van der Waals surface area contributed by atoms with Crippen LogP contribution in [0.3, 0.4) is 0 Å². The molecule has 6 nitrogen and oxygen atoms in total. The van der Waals surface area contributed by atoms with E-state index in [2.05, 4.69) is 10.1 Å². The summed E-state index contributed by atoms with van der Waals surface area (Å²) in [6.45, 7) is 0.471. The first-order chi connectivity index (χ1) is 11.6. The lowest BCUT2D eigenvalue weighted by atomic mass is 10.1. The molecule has 0 aliphatic heterocycles. The van der Waals surface area contributed by atoms with Crippen LogP contribution < -0.4 is 5.56 Å². The molecule has 0 radical (unpaired) electrons. The van der Waals surface area contributed by atoms with Crippen LogP contribution in [0.4, 0.5) is 13.2 Å². The first kappa shape index (κ1) is 17.0. The Hall–Kier alpha value is -2.81. The molecule has 25 heavy (non-hydrogen) atoms. The number of carboxylic acids is 1. The third-order valence-corrected chi connectivity index (χ3v) is 3.80. The van der Waals surface area contributed by atoms with E-state index in [0.717, 1.165) is 16.8 Å². The van der Waals surface area contributed by atoms with Crippen molar-refractivity contribution >= 4 is 23.1 Å². The van der Waals surface area contributed by atoms with E-state index in [4.69, 9.17) is 16.7 Å². The standard InChI is InChI=1S/C15H9ClF3N3O3/c1-15(18,19)10-11(14(24)25)21-22-5-9(20-13(23)12(10)22)6-2-3-7(16)8(17)4-6/h2-5H,1H3,(H,20,23)(H,24,25). The molecule has 130 valence electrons. The highest BCUT2D eigenvalue weighted by molar-refractivity contribution is 6.30. The number of alkyl halides is 2. The average molecular weight is 372 g/mol. The number of hydrogen-bond donors (Lipinski definition) is 2. The zero-order valence-electron chi connectivity index (χ0n) is 12.5. The molecule has 0 saturated carbocycles.